The number of esters is 2. The molecule has 500 valence electrons. The lowest BCUT2D eigenvalue weighted by molar-refractivity contribution is 0.0594. The summed E-state index contributed by atoms with van der Waals surface area (Å²) in [7, 11) is 4.16. The van der Waals surface area contributed by atoms with Gasteiger partial charge in [0.1, 0.15) is 0 Å². The molecule has 0 bridgehead atoms. The quantitative estimate of drug-likeness (QED) is 0.119. The third-order valence-corrected chi connectivity index (χ3v) is 20.6. The number of benzene rings is 8. The number of hydrogen-bond acceptors (Lipinski definition) is 14. The molecule has 0 fully saturated rings. The average Bonchev–Trinajstić information content (AvgIpc) is 0.770. The van der Waals surface area contributed by atoms with Gasteiger partial charge in [0.25, 0.3) is 11.8 Å². The van der Waals surface area contributed by atoms with Gasteiger partial charge in [0.15, 0.2) is 43.9 Å². The predicted molar refractivity (Wildman–Crippen MR) is 382 cm³/mol. The van der Waals surface area contributed by atoms with Gasteiger partial charge in [-0.15, -0.1) is 0 Å². The van der Waals surface area contributed by atoms with Crippen LogP contribution in [0, 0.1) is 0 Å². The van der Waals surface area contributed by atoms with Crippen LogP contribution in [0.4, 0.5) is 22.7 Å². The van der Waals surface area contributed by atoms with E-state index < -0.39 is 55.9 Å². The maximum absolute atomic E-state index is 12.5. The summed E-state index contributed by atoms with van der Waals surface area (Å²) in [6, 6.07) is 52.2. The van der Waals surface area contributed by atoms with Gasteiger partial charge in [-0.2, -0.15) is 0 Å². The summed E-state index contributed by atoms with van der Waals surface area (Å²) >= 11 is 0. The SMILES string of the molecule is CN(C)C(=O)c1ccnc2c3c(ccc12)-c1ccccc1S(=O)N3.CN(C)C(=O)c1ccnc2c3c(ccc12)-c1ccccc1S(=O)N3.COC(=O)c1ccnc2c3c(ccc12)-c1ccccc1S(=O)N3.COC(=O)c1ccnc2c3c(ccc12)-c1ccccc1S(=O)N3.O.O.O.O. The van der Waals surface area contributed by atoms with Crippen molar-refractivity contribution < 1.29 is 67.4 Å². The molecule has 4 aliphatic heterocycles. The Kier molecular flexibility index (Phi) is 21.4. The van der Waals surface area contributed by atoms with E-state index in [9.17, 15) is 36.0 Å². The summed E-state index contributed by atoms with van der Waals surface area (Å²) in [5, 5.41) is 2.83. The molecule has 24 nitrogen and oxygen atoms in total. The molecule has 4 atom stereocenters. The first-order valence-electron chi connectivity index (χ1n) is 28.9. The summed E-state index contributed by atoms with van der Waals surface area (Å²) in [6.07, 6.45) is 6.34. The number of carbonyl (C=O) groups excluding carboxylic acids is 4. The fourth-order valence-corrected chi connectivity index (χ4v) is 15.9. The van der Waals surface area contributed by atoms with E-state index in [4.69, 9.17) is 9.47 Å². The number of hydrogen-bond donors (Lipinski definition) is 4. The lowest BCUT2D eigenvalue weighted by Crippen LogP contribution is -2.22. The van der Waals surface area contributed by atoms with E-state index >= 15 is 0 Å². The Morgan fingerprint density at radius 1 is 0.316 bits per heavy atom. The van der Waals surface area contributed by atoms with Crippen LogP contribution in [0.15, 0.2) is 214 Å². The van der Waals surface area contributed by atoms with Gasteiger partial charge in [-0.25, -0.2) is 26.4 Å². The van der Waals surface area contributed by atoms with Crippen molar-refractivity contribution in [3.05, 3.63) is 217 Å². The standard InChI is InChI=1S/2C18H15N3O2S.2C17H12N2O3S.4H2O/c2*1-21(2)18(22)14-9-10-19-16-13(14)8-7-12-11-5-3-4-6-15(11)24(23)20-17(12)16;2*1-22-17(20)13-8-9-18-15-12(13)7-6-11-10-4-2-3-5-14(10)23(21)19-16(11)15;;;;/h2*3-10,20H,1-2H3;2*2-9,19H,1H3;4*1H2. The first kappa shape index (κ1) is 71.2. The van der Waals surface area contributed by atoms with Crippen molar-refractivity contribution in [2.75, 3.05) is 61.3 Å². The molecule has 8 heterocycles. The van der Waals surface area contributed by atoms with Crippen molar-refractivity contribution in [2.45, 2.75) is 19.6 Å². The van der Waals surface area contributed by atoms with Gasteiger partial charge in [0.2, 0.25) is 0 Å². The largest absolute Gasteiger partial charge is 0.465 e. The second-order valence-electron chi connectivity index (χ2n) is 21.8. The number of aromatic nitrogens is 4. The van der Waals surface area contributed by atoms with E-state index in [1.54, 1.807) is 77.2 Å². The molecular formula is C70H62N10O14S4. The molecule has 0 saturated carbocycles. The van der Waals surface area contributed by atoms with Crippen molar-refractivity contribution in [1.29, 1.82) is 0 Å². The van der Waals surface area contributed by atoms with E-state index in [0.29, 0.717) is 77.8 Å². The maximum atomic E-state index is 12.5. The van der Waals surface area contributed by atoms with E-state index in [1.165, 1.54) is 24.0 Å². The number of pyridine rings is 4. The monoisotopic (exact) mass is 1390 g/mol. The van der Waals surface area contributed by atoms with E-state index in [2.05, 4.69) is 38.8 Å². The van der Waals surface area contributed by atoms with Crippen LogP contribution in [0.1, 0.15) is 41.4 Å². The van der Waals surface area contributed by atoms with E-state index in [-0.39, 0.29) is 33.7 Å². The van der Waals surface area contributed by atoms with Crippen LogP contribution in [-0.2, 0) is 53.4 Å². The number of methoxy groups -OCH3 is 2. The van der Waals surface area contributed by atoms with Gasteiger partial charge in [0, 0.05) is 119 Å². The number of nitrogens with one attached hydrogen (secondary N) is 4. The van der Waals surface area contributed by atoms with Gasteiger partial charge < -0.3 is 41.2 Å². The Bertz CT molecular complexity index is 4990. The third kappa shape index (κ3) is 12.7. The van der Waals surface area contributed by atoms with Crippen LogP contribution >= 0.6 is 0 Å². The lowest BCUT2D eigenvalue weighted by atomic mass is 9.98. The van der Waals surface area contributed by atoms with Crippen LogP contribution in [0.2, 0.25) is 0 Å². The normalized spacial score (nSPS) is 14.8. The minimum Gasteiger partial charge on any atom is -0.465 e. The minimum absolute atomic E-state index is 0. The Hall–Kier alpha value is -11.1. The summed E-state index contributed by atoms with van der Waals surface area (Å²) < 4.78 is 71.6. The fourth-order valence-electron chi connectivity index (χ4n) is 11.6. The van der Waals surface area contributed by atoms with Crippen molar-refractivity contribution in [2.24, 2.45) is 0 Å². The Labute approximate surface area is 570 Å². The molecule has 4 aromatic heterocycles. The minimum atomic E-state index is -1.36. The van der Waals surface area contributed by atoms with Crippen LogP contribution in [0.3, 0.4) is 0 Å². The average molecular weight is 1400 g/mol. The zero-order valence-electron chi connectivity index (χ0n) is 52.9. The second-order valence-corrected chi connectivity index (χ2v) is 26.5. The topological polar surface area (TPSA) is 387 Å². The summed E-state index contributed by atoms with van der Waals surface area (Å²) in [5.41, 5.74) is 14.7. The number of nitrogens with zero attached hydrogens (tertiary/aromatic N) is 6. The van der Waals surface area contributed by atoms with Crippen molar-refractivity contribution >= 4 is 134 Å². The highest BCUT2D eigenvalue weighted by molar-refractivity contribution is 7.87. The molecule has 0 saturated heterocycles. The number of anilines is 4. The summed E-state index contributed by atoms with van der Waals surface area (Å²) in [6.45, 7) is 0. The molecule has 0 radical (unpaired) electrons. The number of rotatable bonds is 4. The highest BCUT2D eigenvalue weighted by Crippen LogP contribution is 2.46. The molecule has 28 heteroatoms. The molecule has 4 unspecified atom stereocenters. The summed E-state index contributed by atoms with van der Waals surface area (Å²) in [5.74, 6) is -1.01. The maximum Gasteiger partial charge on any atom is 0.338 e. The summed E-state index contributed by atoms with van der Waals surface area (Å²) in [4.78, 5) is 72.4. The molecule has 98 heavy (non-hydrogen) atoms. The highest BCUT2D eigenvalue weighted by Gasteiger charge is 2.30. The smallest absolute Gasteiger partial charge is 0.338 e. The molecule has 12 aromatic rings. The van der Waals surface area contributed by atoms with Crippen LogP contribution < -0.4 is 18.9 Å². The first-order chi connectivity index (χ1) is 45.6. The van der Waals surface area contributed by atoms with Gasteiger partial charge in [-0.1, -0.05) is 121 Å². The van der Waals surface area contributed by atoms with Gasteiger partial charge in [-0.05, 0) is 48.5 Å². The molecule has 2 amide bonds. The molecule has 0 spiro atoms. The second kappa shape index (κ2) is 29.5. The van der Waals surface area contributed by atoms with Gasteiger partial charge in [0.05, 0.1) is 101 Å². The molecule has 12 N–H and O–H groups in total. The Balaban J connectivity index is 0.000000151. The van der Waals surface area contributed by atoms with Crippen molar-refractivity contribution in [3.63, 3.8) is 0 Å². The lowest BCUT2D eigenvalue weighted by Gasteiger charge is -2.22. The predicted octanol–water partition coefficient (Wildman–Crippen LogP) is 9.08. The van der Waals surface area contributed by atoms with Crippen LogP contribution in [-0.4, -0.2) is 135 Å². The Morgan fingerprint density at radius 2 is 0.541 bits per heavy atom. The molecule has 16 rings (SSSR count). The number of amides is 2. The Morgan fingerprint density at radius 3 is 0.776 bits per heavy atom. The van der Waals surface area contributed by atoms with Gasteiger partial charge in [-0.3, -0.25) is 48.4 Å². The van der Waals surface area contributed by atoms with Crippen molar-refractivity contribution in [1.82, 2.24) is 29.7 Å². The third-order valence-electron chi connectivity index (χ3n) is 16.0. The molecule has 8 aromatic carbocycles. The molecule has 0 aliphatic carbocycles. The zero-order valence-corrected chi connectivity index (χ0v) is 56.1. The van der Waals surface area contributed by atoms with E-state index in [0.717, 1.165) is 74.9 Å². The molecular weight excluding hydrogens is 1330 g/mol. The van der Waals surface area contributed by atoms with Gasteiger partial charge >= 0.3 is 11.9 Å². The van der Waals surface area contributed by atoms with E-state index in [1.807, 2.05) is 146 Å². The van der Waals surface area contributed by atoms with Crippen LogP contribution in [0.5, 0.6) is 0 Å². The number of fused-ring (bicyclic) bond motifs is 20. The number of carbonyl (C=O) groups is 4. The number of ether oxygens (including phenoxy) is 2. The van der Waals surface area contributed by atoms with Crippen molar-refractivity contribution in [3.8, 4) is 44.5 Å². The highest BCUT2D eigenvalue weighted by atomic mass is 32.2. The fraction of sp³-hybridized carbons (Fsp3) is 0.0857. The molecule has 4 aliphatic rings. The first-order valence-corrected chi connectivity index (χ1v) is 33.5. The van der Waals surface area contributed by atoms with Crippen LogP contribution in [0.25, 0.3) is 88.1 Å². The zero-order chi connectivity index (χ0) is 65.6.